The van der Waals surface area contributed by atoms with Crippen molar-refractivity contribution in [2.24, 2.45) is 0 Å². The van der Waals surface area contributed by atoms with Gasteiger partial charge in [-0.15, -0.1) is 0 Å². The molecule has 0 bridgehead atoms. The molecule has 1 aliphatic heterocycles. The quantitative estimate of drug-likeness (QED) is 0.752. The van der Waals surface area contributed by atoms with Crippen molar-refractivity contribution in [2.75, 3.05) is 20.3 Å². The van der Waals surface area contributed by atoms with Crippen LogP contribution in [0.4, 0.5) is 0 Å². The topological polar surface area (TPSA) is 38.8 Å². The van der Waals surface area contributed by atoms with E-state index < -0.39 is 0 Å². The zero-order chi connectivity index (χ0) is 17.8. The second-order valence-corrected chi connectivity index (χ2v) is 6.73. The standard InChI is InChI=1S/C19H19Cl2NO3/c1-24-15-7-4-13(5-8-15)17-3-2-10-22(17)19(23)12-25-18-11-14(20)6-9-16(18)21/h4-9,11,17H,2-3,10,12H2,1H3/t17-/m1/s1. The molecule has 2 aromatic rings. The van der Waals surface area contributed by atoms with Gasteiger partial charge in [-0.1, -0.05) is 35.3 Å². The number of carbonyl (C=O) groups excluding carboxylic acids is 1. The molecule has 1 amide bonds. The molecule has 0 saturated carbocycles. The summed E-state index contributed by atoms with van der Waals surface area (Å²) in [4.78, 5) is 14.5. The zero-order valence-corrected chi connectivity index (χ0v) is 15.4. The van der Waals surface area contributed by atoms with E-state index in [0.29, 0.717) is 15.8 Å². The lowest BCUT2D eigenvalue weighted by atomic mass is 10.0. The Morgan fingerprint density at radius 2 is 1.96 bits per heavy atom. The van der Waals surface area contributed by atoms with Crippen LogP contribution in [0, 0.1) is 0 Å². The molecule has 0 N–H and O–H groups in total. The van der Waals surface area contributed by atoms with Crippen LogP contribution in [-0.4, -0.2) is 31.1 Å². The maximum absolute atomic E-state index is 12.6. The van der Waals surface area contributed by atoms with Gasteiger partial charge >= 0.3 is 0 Å². The Hall–Kier alpha value is -1.91. The Morgan fingerprint density at radius 1 is 1.20 bits per heavy atom. The first kappa shape index (κ1) is 17.9. The van der Waals surface area contributed by atoms with Gasteiger partial charge < -0.3 is 14.4 Å². The number of halogens is 2. The van der Waals surface area contributed by atoms with Crippen LogP contribution in [0.3, 0.4) is 0 Å². The molecule has 0 radical (unpaired) electrons. The molecule has 0 unspecified atom stereocenters. The van der Waals surface area contributed by atoms with Crippen molar-refractivity contribution in [3.63, 3.8) is 0 Å². The minimum atomic E-state index is -0.0628. The highest BCUT2D eigenvalue weighted by molar-refractivity contribution is 6.34. The molecule has 1 saturated heterocycles. The number of hydrogen-bond acceptors (Lipinski definition) is 3. The fourth-order valence-electron chi connectivity index (χ4n) is 3.05. The summed E-state index contributed by atoms with van der Waals surface area (Å²) in [5.74, 6) is 1.16. The Labute approximate surface area is 157 Å². The highest BCUT2D eigenvalue weighted by atomic mass is 35.5. The normalized spacial score (nSPS) is 16.8. The van der Waals surface area contributed by atoms with E-state index >= 15 is 0 Å². The fourth-order valence-corrected chi connectivity index (χ4v) is 3.38. The monoisotopic (exact) mass is 379 g/mol. The molecule has 0 spiro atoms. The first-order valence-corrected chi connectivity index (χ1v) is 8.85. The van der Waals surface area contributed by atoms with Crippen molar-refractivity contribution in [1.29, 1.82) is 0 Å². The van der Waals surface area contributed by atoms with Crippen molar-refractivity contribution < 1.29 is 14.3 Å². The molecular weight excluding hydrogens is 361 g/mol. The van der Waals surface area contributed by atoms with E-state index in [1.54, 1.807) is 25.3 Å². The van der Waals surface area contributed by atoms with Gasteiger partial charge in [-0.2, -0.15) is 0 Å². The molecule has 0 aromatic heterocycles. The third-order valence-electron chi connectivity index (χ3n) is 4.32. The SMILES string of the molecule is COc1ccc([C@H]2CCCN2C(=O)COc2cc(Cl)ccc2Cl)cc1. The minimum absolute atomic E-state index is 0.0608. The summed E-state index contributed by atoms with van der Waals surface area (Å²) in [7, 11) is 1.64. The Kier molecular flexibility index (Phi) is 5.71. The van der Waals surface area contributed by atoms with Gasteiger partial charge in [0.05, 0.1) is 18.2 Å². The van der Waals surface area contributed by atoms with Gasteiger partial charge in [0, 0.05) is 17.6 Å². The molecule has 6 heteroatoms. The van der Waals surface area contributed by atoms with E-state index in [0.717, 1.165) is 30.7 Å². The molecule has 25 heavy (non-hydrogen) atoms. The summed E-state index contributed by atoms with van der Waals surface area (Å²) in [5.41, 5.74) is 1.10. The van der Waals surface area contributed by atoms with Gasteiger partial charge in [0.15, 0.2) is 6.61 Å². The first-order chi connectivity index (χ1) is 12.1. The number of nitrogens with zero attached hydrogens (tertiary/aromatic N) is 1. The van der Waals surface area contributed by atoms with Crippen LogP contribution in [0.2, 0.25) is 10.0 Å². The van der Waals surface area contributed by atoms with Crippen LogP contribution in [0.5, 0.6) is 11.5 Å². The Morgan fingerprint density at radius 3 is 2.68 bits per heavy atom. The molecule has 2 aromatic carbocycles. The van der Waals surface area contributed by atoms with Crippen molar-refractivity contribution in [2.45, 2.75) is 18.9 Å². The van der Waals surface area contributed by atoms with E-state index in [9.17, 15) is 4.79 Å². The fraction of sp³-hybridized carbons (Fsp3) is 0.316. The van der Waals surface area contributed by atoms with E-state index in [-0.39, 0.29) is 18.6 Å². The Bertz CT molecular complexity index is 749. The number of carbonyl (C=O) groups is 1. The molecule has 1 aliphatic rings. The predicted octanol–water partition coefficient (Wildman–Crippen LogP) is 4.74. The third kappa shape index (κ3) is 4.20. The van der Waals surface area contributed by atoms with Crippen LogP contribution in [0.1, 0.15) is 24.4 Å². The molecular formula is C19H19Cl2NO3. The zero-order valence-electron chi connectivity index (χ0n) is 13.9. The average Bonchev–Trinajstić information content (AvgIpc) is 3.12. The molecule has 1 heterocycles. The minimum Gasteiger partial charge on any atom is -0.497 e. The van der Waals surface area contributed by atoms with Crippen molar-refractivity contribution in [3.8, 4) is 11.5 Å². The van der Waals surface area contributed by atoms with Gasteiger partial charge in [0.2, 0.25) is 0 Å². The van der Waals surface area contributed by atoms with Crippen LogP contribution in [0.25, 0.3) is 0 Å². The number of methoxy groups -OCH3 is 1. The maximum Gasteiger partial charge on any atom is 0.261 e. The number of benzene rings is 2. The van der Waals surface area contributed by atoms with E-state index in [2.05, 4.69) is 0 Å². The molecule has 1 atom stereocenters. The lowest BCUT2D eigenvalue weighted by Crippen LogP contribution is -2.34. The van der Waals surface area contributed by atoms with Crippen molar-refractivity contribution in [3.05, 3.63) is 58.1 Å². The number of hydrogen-bond donors (Lipinski definition) is 0. The highest BCUT2D eigenvalue weighted by Gasteiger charge is 2.30. The van der Waals surface area contributed by atoms with Gasteiger partial charge in [-0.25, -0.2) is 0 Å². The van der Waals surface area contributed by atoms with E-state index in [1.165, 1.54) is 0 Å². The number of rotatable bonds is 5. The maximum atomic E-state index is 12.6. The van der Waals surface area contributed by atoms with E-state index in [4.69, 9.17) is 32.7 Å². The second kappa shape index (κ2) is 7.98. The van der Waals surface area contributed by atoms with Crippen LogP contribution in [0.15, 0.2) is 42.5 Å². The van der Waals surface area contributed by atoms with Gasteiger partial charge in [0.25, 0.3) is 5.91 Å². The highest BCUT2D eigenvalue weighted by Crippen LogP contribution is 2.33. The summed E-state index contributed by atoms with van der Waals surface area (Å²) in [6.45, 7) is 0.662. The average molecular weight is 380 g/mol. The third-order valence-corrected chi connectivity index (χ3v) is 4.87. The summed E-state index contributed by atoms with van der Waals surface area (Å²) >= 11 is 12.0. The number of likely N-dealkylation sites (tertiary alicyclic amines) is 1. The van der Waals surface area contributed by atoms with Gasteiger partial charge in [-0.05, 0) is 42.7 Å². The van der Waals surface area contributed by atoms with Crippen LogP contribution in [-0.2, 0) is 4.79 Å². The van der Waals surface area contributed by atoms with Gasteiger partial charge in [-0.3, -0.25) is 4.79 Å². The molecule has 0 aliphatic carbocycles. The van der Waals surface area contributed by atoms with Crippen LogP contribution < -0.4 is 9.47 Å². The second-order valence-electron chi connectivity index (χ2n) is 5.88. The summed E-state index contributed by atoms with van der Waals surface area (Å²) in [5, 5.41) is 0.953. The predicted molar refractivity (Wildman–Crippen MR) is 98.6 cm³/mol. The van der Waals surface area contributed by atoms with Crippen molar-refractivity contribution >= 4 is 29.1 Å². The summed E-state index contributed by atoms with van der Waals surface area (Å²) < 4.78 is 10.8. The van der Waals surface area contributed by atoms with E-state index in [1.807, 2.05) is 29.2 Å². The molecule has 1 fully saturated rings. The largest absolute Gasteiger partial charge is 0.497 e. The smallest absolute Gasteiger partial charge is 0.261 e. The van der Waals surface area contributed by atoms with Gasteiger partial charge in [0.1, 0.15) is 11.5 Å². The lowest BCUT2D eigenvalue weighted by Gasteiger charge is -2.25. The van der Waals surface area contributed by atoms with Crippen LogP contribution >= 0.6 is 23.2 Å². The summed E-state index contributed by atoms with van der Waals surface area (Å²) in [6.07, 6.45) is 1.91. The first-order valence-electron chi connectivity index (χ1n) is 8.10. The lowest BCUT2D eigenvalue weighted by molar-refractivity contribution is -0.134. The molecule has 4 nitrogen and oxygen atoms in total. The molecule has 132 valence electrons. The Balaban J connectivity index is 1.67. The number of ether oxygens (including phenoxy) is 2. The number of amides is 1. The molecule has 3 rings (SSSR count). The van der Waals surface area contributed by atoms with Crippen molar-refractivity contribution in [1.82, 2.24) is 4.90 Å². The summed E-state index contributed by atoms with van der Waals surface area (Å²) in [6, 6.07) is 12.8.